The molecule has 2 nitrogen and oxygen atoms in total. The Bertz CT molecular complexity index is 3440. The lowest BCUT2D eigenvalue weighted by molar-refractivity contribution is 1.18. The Labute approximate surface area is 333 Å². The molecular weight excluding hydrogens is 709 g/mol. The van der Waals surface area contributed by atoms with E-state index in [1.807, 2.05) is 11.3 Å². The maximum atomic E-state index is 2.43. The summed E-state index contributed by atoms with van der Waals surface area (Å²) < 4.78 is 7.53. The van der Waals surface area contributed by atoms with Gasteiger partial charge in [0.15, 0.2) is 0 Å². The van der Waals surface area contributed by atoms with Crippen molar-refractivity contribution in [1.29, 1.82) is 0 Å². The van der Waals surface area contributed by atoms with Crippen LogP contribution >= 0.6 is 11.3 Å². The lowest BCUT2D eigenvalue weighted by atomic mass is 9.96. The van der Waals surface area contributed by atoms with Crippen LogP contribution in [0.3, 0.4) is 0 Å². The summed E-state index contributed by atoms with van der Waals surface area (Å²) in [6.07, 6.45) is 0. The smallest absolute Gasteiger partial charge is 0.0555 e. The van der Waals surface area contributed by atoms with Gasteiger partial charge in [0.05, 0.1) is 22.1 Å². The quantitative estimate of drug-likeness (QED) is 0.166. The number of hydrogen-bond acceptors (Lipinski definition) is 1. The highest BCUT2D eigenvalue weighted by Crippen LogP contribution is 2.43. The first-order valence-corrected chi connectivity index (χ1v) is 20.3. The van der Waals surface area contributed by atoms with Gasteiger partial charge in [-0.25, -0.2) is 0 Å². The van der Waals surface area contributed by atoms with Crippen LogP contribution in [-0.2, 0) is 0 Å². The molecule has 0 amide bonds. The van der Waals surface area contributed by atoms with Crippen molar-refractivity contribution in [3.63, 3.8) is 0 Å². The fourth-order valence-electron chi connectivity index (χ4n) is 9.08. The van der Waals surface area contributed by atoms with E-state index in [0.29, 0.717) is 0 Å². The van der Waals surface area contributed by atoms with Gasteiger partial charge in [-0.15, -0.1) is 11.3 Å². The van der Waals surface area contributed by atoms with Crippen LogP contribution in [0.2, 0.25) is 0 Å². The van der Waals surface area contributed by atoms with Crippen LogP contribution in [0.25, 0.3) is 109 Å². The average molecular weight is 743 g/mol. The largest absolute Gasteiger partial charge is 0.309 e. The van der Waals surface area contributed by atoms with E-state index < -0.39 is 0 Å². The maximum absolute atomic E-state index is 2.43. The van der Waals surface area contributed by atoms with Crippen LogP contribution in [0.15, 0.2) is 206 Å². The summed E-state index contributed by atoms with van der Waals surface area (Å²) in [7, 11) is 0. The van der Waals surface area contributed by atoms with Crippen molar-refractivity contribution in [2.75, 3.05) is 0 Å². The van der Waals surface area contributed by atoms with Crippen molar-refractivity contribution < 1.29 is 0 Å². The number of para-hydroxylation sites is 3. The summed E-state index contributed by atoms with van der Waals surface area (Å²) in [5.74, 6) is 0. The molecule has 0 spiro atoms. The van der Waals surface area contributed by atoms with Gasteiger partial charge in [-0.05, 0) is 94.0 Å². The Balaban J connectivity index is 0.939. The summed E-state index contributed by atoms with van der Waals surface area (Å²) in [6.45, 7) is 0. The summed E-state index contributed by atoms with van der Waals surface area (Å²) in [5, 5.41) is 7.82. The van der Waals surface area contributed by atoms with Crippen molar-refractivity contribution >= 4 is 75.1 Å². The van der Waals surface area contributed by atoms with E-state index in [1.165, 1.54) is 97.2 Å². The van der Waals surface area contributed by atoms with Crippen molar-refractivity contribution in [1.82, 2.24) is 9.13 Å². The molecule has 0 bridgehead atoms. The third-order valence-corrected chi connectivity index (χ3v) is 12.9. The normalized spacial score (nSPS) is 11.9. The Hall–Kier alpha value is -7.20. The molecule has 12 rings (SSSR count). The molecular formula is C54H34N2S. The van der Waals surface area contributed by atoms with Crippen molar-refractivity contribution in [3.05, 3.63) is 206 Å². The number of hydrogen-bond donors (Lipinski definition) is 0. The fourth-order valence-corrected chi connectivity index (χ4v) is 10.3. The van der Waals surface area contributed by atoms with Crippen molar-refractivity contribution in [2.24, 2.45) is 0 Å². The van der Waals surface area contributed by atoms with Crippen LogP contribution < -0.4 is 0 Å². The topological polar surface area (TPSA) is 9.86 Å². The highest BCUT2D eigenvalue weighted by Gasteiger charge is 2.18. The Morgan fingerprint density at radius 3 is 1.40 bits per heavy atom. The molecule has 0 atom stereocenters. The molecule has 266 valence electrons. The molecule has 3 heterocycles. The van der Waals surface area contributed by atoms with Crippen LogP contribution in [0.5, 0.6) is 0 Å². The summed E-state index contributed by atoms with van der Waals surface area (Å²) >= 11 is 1.90. The number of benzene rings is 9. The minimum Gasteiger partial charge on any atom is -0.309 e. The highest BCUT2D eigenvalue weighted by molar-refractivity contribution is 7.26. The Morgan fingerprint density at radius 2 is 0.754 bits per heavy atom. The molecule has 3 aromatic heterocycles. The molecule has 0 N–H and O–H groups in total. The lowest BCUT2D eigenvalue weighted by Gasteiger charge is -2.14. The first-order chi connectivity index (χ1) is 28.3. The average Bonchev–Trinajstić information content (AvgIpc) is 3.95. The number of nitrogens with zero attached hydrogens (tertiary/aromatic N) is 2. The number of rotatable bonds is 5. The van der Waals surface area contributed by atoms with E-state index in [9.17, 15) is 0 Å². The van der Waals surface area contributed by atoms with Gasteiger partial charge in [0.2, 0.25) is 0 Å². The van der Waals surface area contributed by atoms with Crippen LogP contribution in [-0.4, -0.2) is 9.13 Å². The molecule has 0 unspecified atom stereocenters. The van der Waals surface area contributed by atoms with Crippen LogP contribution in [0.1, 0.15) is 0 Å². The number of fused-ring (bicyclic) bond motifs is 10. The third-order valence-electron chi connectivity index (χ3n) is 11.7. The fraction of sp³-hybridized carbons (Fsp3) is 0. The number of aromatic nitrogens is 2. The SMILES string of the molecule is c1ccc(-c2cc(-c3ccc(-c4ccc(-n5c6ccccc6c6c7sc8ccccc8c7ccc65)cc4)cc3)cc(-n3c4ccccc4c4ccccc43)c2)cc1. The van der Waals surface area contributed by atoms with Crippen LogP contribution in [0, 0.1) is 0 Å². The molecule has 0 saturated carbocycles. The standard InChI is InChI=1S/C54H34N2S/c1-2-12-35(13-3-1)39-32-40(34-42(33-39)56-48-18-8-4-14-43(48)44-15-5-9-19-49(44)56)38-24-22-36(23-25-38)37-26-28-41(29-27-37)55-50-20-10-6-17-47(50)53-51(55)31-30-46-45-16-7-11-21-52(45)57-54(46)53/h1-34H. The molecule has 0 aliphatic heterocycles. The molecule has 0 radical (unpaired) electrons. The van der Waals surface area contributed by atoms with Gasteiger partial charge >= 0.3 is 0 Å². The zero-order valence-electron chi connectivity index (χ0n) is 30.9. The van der Waals surface area contributed by atoms with E-state index >= 15 is 0 Å². The summed E-state index contributed by atoms with van der Waals surface area (Å²) in [4.78, 5) is 0. The van der Waals surface area contributed by atoms with Crippen LogP contribution in [0.4, 0.5) is 0 Å². The second-order valence-corrected chi connectivity index (χ2v) is 16.0. The third kappa shape index (κ3) is 5.03. The molecule has 57 heavy (non-hydrogen) atoms. The number of thiophene rings is 1. The first-order valence-electron chi connectivity index (χ1n) is 19.5. The summed E-state index contributed by atoms with van der Waals surface area (Å²) in [5.41, 5.74) is 14.4. The van der Waals surface area contributed by atoms with Crippen molar-refractivity contribution in [3.8, 4) is 44.8 Å². The van der Waals surface area contributed by atoms with Gasteiger partial charge in [0.25, 0.3) is 0 Å². The lowest BCUT2D eigenvalue weighted by Crippen LogP contribution is -1.96. The molecule has 0 saturated heterocycles. The first kappa shape index (κ1) is 32.1. The molecule has 12 aromatic rings. The predicted octanol–water partition coefficient (Wildman–Crippen LogP) is 15.2. The zero-order chi connectivity index (χ0) is 37.5. The molecule has 3 heteroatoms. The van der Waals surface area contributed by atoms with Gasteiger partial charge in [0.1, 0.15) is 0 Å². The molecule has 0 fully saturated rings. The minimum atomic E-state index is 1.15. The second-order valence-electron chi connectivity index (χ2n) is 14.9. The highest BCUT2D eigenvalue weighted by atomic mass is 32.1. The van der Waals surface area contributed by atoms with E-state index in [-0.39, 0.29) is 0 Å². The minimum absolute atomic E-state index is 1.15. The zero-order valence-corrected chi connectivity index (χ0v) is 31.7. The van der Waals surface area contributed by atoms with Gasteiger partial charge < -0.3 is 9.13 Å². The monoisotopic (exact) mass is 742 g/mol. The molecule has 9 aromatic carbocycles. The van der Waals surface area contributed by atoms with Gasteiger partial charge in [0, 0.05) is 53.1 Å². The van der Waals surface area contributed by atoms with Gasteiger partial charge in [-0.2, -0.15) is 0 Å². The molecule has 0 aliphatic carbocycles. The van der Waals surface area contributed by atoms with Gasteiger partial charge in [-0.1, -0.05) is 146 Å². The summed E-state index contributed by atoms with van der Waals surface area (Å²) in [6, 6.07) is 75.5. The Kier molecular flexibility index (Phi) is 7.13. The maximum Gasteiger partial charge on any atom is 0.0555 e. The predicted molar refractivity (Wildman–Crippen MR) is 244 cm³/mol. The van der Waals surface area contributed by atoms with Crippen molar-refractivity contribution in [2.45, 2.75) is 0 Å². The Morgan fingerprint density at radius 1 is 0.281 bits per heavy atom. The van der Waals surface area contributed by atoms with Gasteiger partial charge in [-0.3, -0.25) is 0 Å². The van der Waals surface area contributed by atoms with E-state index in [4.69, 9.17) is 0 Å². The van der Waals surface area contributed by atoms with E-state index in [1.54, 1.807) is 0 Å². The molecule has 0 aliphatic rings. The van der Waals surface area contributed by atoms with E-state index in [2.05, 4.69) is 215 Å². The second kappa shape index (κ2) is 12.7. The van der Waals surface area contributed by atoms with E-state index in [0.717, 1.165) is 11.4 Å².